The van der Waals surface area contributed by atoms with Crippen molar-refractivity contribution < 1.29 is 28.6 Å². The van der Waals surface area contributed by atoms with E-state index < -0.39 is 6.10 Å². The Morgan fingerprint density at radius 2 is 0.611 bits per heavy atom. The summed E-state index contributed by atoms with van der Waals surface area (Å²) in [6.45, 7) is 11.2. The van der Waals surface area contributed by atoms with Gasteiger partial charge in [-0.1, -0.05) is 221 Å². The van der Waals surface area contributed by atoms with Gasteiger partial charge in [0, 0.05) is 19.3 Å². The highest BCUT2D eigenvalue weighted by Crippen LogP contribution is 2.17. The molecule has 0 unspecified atom stereocenters. The molecule has 0 heterocycles. The quantitative estimate of drug-likeness (QED) is 0.0350. The molecular formula is C48H92O6. The molecule has 0 amide bonds. The Balaban J connectivity index is 4.24. The van der Waals surface area contributed by atoms with Gasteiger partial charge >= 0.3 is 17.9 Å². The average molecular weight is 765 g/mol. The van der Waals surface area contributed by atoms with Gasteiger partial charge < -0.3 is 14.2 Å². The van der Waals surface area contributed by atoms with Crippen LogP contribution in [0.3, 0.4) is 0 Å². The van der Waals surface area contributed by atoms with Crippen LogP contribution in [0.25, 0.3) is 0 Å². The molecule has 0 saturated heterocycles. The van der Waals surface area contributed by atoms with Crippen molar-refractivity contribution in [3.8, 4) is 0 Å². The zero-order valence-electron chi connectivity index (χ0n) is 36.8. The van der Waals surface area contributed by atoms with Crippen molar-refractivity contribution in [3.63, 3.8) is 0 Å². The van der Waals surface area contributed by atoms with Gasteiger partial charge in [0.15, 0.2) is 6.10 Å². The zero-order chi connectivity index (χ0) is 39.7. The van der Waals surface area contributed by atoms with Gasteiger partial charge in [-0.2, -0.15) is 0 Å². The van der Waals surface area contributed by atoms with E-state index in [1.165, 1.54) is 148 Å². The number of unbranched alkanes of at least 4 members (excludes halogenated alkanes) is 27. The Morgan fingerprint density at radius 1 is 0.352 bits per heavy atom. The predicted octanol–water partition coefficient (Wildman–Crippen LogP) is 15.0. The van der Waals surface area contributed by atoms with E-state index in [1.807, 2.05) is 0 Å². The van der Waals surface area contributed by atoms with Crippen LogP contribution in [0.5, 0.6) is 0 Å². The maximum Gasteiger partial charge on any atom is 0.306 e. The molecule has 0 aromatic carbocycles. The van der Waals surface area contributed by atoms with E-state index >= 15 is 0 Å². The van der Waals surface area contributed by atoms with E-state index in [0.717, 1.165) is 69.6 Å². The first-order valence-electron chi connectivity index (χ1n) is 23.7. The molecule has 0 saturated carbocycles. The third-order valence-corrected chi connectivity index (χ3v) is 10.7. The molecule has 320 valence electrons. The van der Waals surface area contributed by atoms with Gasteiger partial charge in [-0.3, -0.25) is 14.4 Å². The first-order valence-corrected chi connectivity index (χ1v) is 23.7. The number of carbonyl (C=O) groups excluding carboxylic acids is 3. The van der Waals surface area contributed by atoms with Crippen LogP contribution in [-0.4, -0.2) is 37.2 Å². The summed E-state index contributed by atoms with van der Waals surface area (Å²) in [6, 6.07) is 0. The smallest absolute Gasteiger partial charge is 0.306 e. The molecular weight excluding hydrogens is 673 g/mol. The fourth-order valence-corrected chi connectivity index (χ4v) is 7.11. The normalized spacial score (nSPS) is 12.1. The number of esters is 3. The number of rotatable bonds is 42. The third kappa shape index (κ3) is 41.6. The van der Waals surface area contributed by atoms with Crippen LogP contribution in [0.2, 0.25) is 0 Å². The predicted molar refractivity (Wildman–Crippen MR) is 229 cm³/mol. The molecule has 6 nitrogen and oxygen atoms in total. The fraction of sp³-hybridized carbons (Fsp3) is 0.938. The van der Waals surface area contributed by atoms with E-state index in [4.69, 9.17) is 14.2 Å². The zero-order valence-corrected chi connectivity index (χ0v) is 36.8. The topological polar surface area (TPSA) is 78.9 Å². The molecule has 0 fully saturated rings. The van der Waals surface area contributed by atoms with E-state index in [9.17, 15) is 14.4 Å². The van der Waals surface area contributed by atoms with Crippen molar-refractivity contribution in [3.05, 3.63) is 0 Å². The van der Waals surface area contributed by atoms with Crippen LogP contribution >= 0.6 is 0 Å². The standard InChI is InChI=1S/C48H92O6/c1-6-7-8-9-10-11-12-13-14-15-16-17-18-19-22-28-33-38-46(49)52-41-45(42-53-47(50)39-34-29-25-24-27-32-37-44(4)5)54-48(51)40-35-30-23-20-21-26-31-36-43(2)3/h43-45H,6-42H2,1-5H3/t45-/m0/s1. The number of hydrogen-bond acceptors (Lipinski definition) is 6. The molecule has 1 atom stereocenters. The van der Waals surface area contributed by atoms with Gasteiger partial charge in [-0.15, -0.1) is 0 Å². The molecule has 0 bridgehead atoms. The first kappa shape index (κ1) is 52.4. The Kier molecular flexibility index (Phi) is 39.8. The molecule has 0 radical (unpaired) electrons. The number of ether oxygens (including phenoxy) is 3. The molecule has 0 spiro atoms. The lowest BCUT2D eigenvalue weighted by atomic mass is 10.0. The SMILES string of the molecule is CCCCCCCCCCCCCCCCCCCC(=O)OC[C@@H](COC(=O)CCCCCCCCC(C)C)OC(=O)CCCCCCCCCC(C)C. The summed E-state index contributed by atoms with van der Waals surface area (Å²) < 4.78 is 16.7. The summed E-state index contributed by atoms with van der Waals surface area (Å²) >= 11 is 0. The highest BCUT2D eigenvalue weighted by Gasteiger charge is 2.19. The summed E-state index contributed by atoms with van der Waals surface area (Å²) in [6.07, 6.45) is 39.7. The maximum atomic E-state index is 12.7. The second kappa shape index (κ2) is 41.1. The molecule has 0 aliphatic carbocycles. The third-order valence-electron chi connectivity index (χ3n) is 10.7. The number of hydrogen-bond donors (Lipinski definition) is 0. The van der Waals surface area contributed by atoms with Crippen molar-refractivity contribution in [2.75, 3.05) is 13.2 Å². The molecule has 0 aliphatic rings. The van der Waals surface area contributed by atoms with Gasteiger partial charge in [0.05, 0.1) is 0 Å². The van der Waals surface area contributed by atoms with Crippen LogP contribution in [0.4, 0.5) is 0 Å². The lowest BCUT2D eigenvalue weighted by Crippen LogP contribution is -2.30. The maximum absolute atomic E-state index is 12.7. The Labute approximate surface area is 336 Å². The summed E-state index contributed by atoms with van der Waals surface area (Å²) in [5.41, 5.74) is 0. The average Bonchev–Trinajstić information content (AvgIpc) is 3.14. The van der Waals surface area contributed by atoms with E-state index in [-0.39, 0.29) is 31.1 Å². The highest BCUT2D eigenvalue weighted by atomic mass is 16.6. The van der Waals surface area contributed by atoms with Crippen molar-refractivity contribution in [1.29, 1.82) is 0 Å². The van der Waals surface area contributed by atoms with Crippen molar-refractivity contribution in [1.82, 2.24) is 0 Å². The van der Waals surface area contributed by atoms with Crippen LogP contribution in [0.1, 0.15) is 259 Å². The molecule has 54 heavy (non-hydrogen) atoms. The van der Waals surface area contributed by atoms with Gasteiger partial charge in [0.25, 0.3) is 0 Å². The lowest BCUT2D eigenvalue weighted by molar-refractivity contribution is -0.167. The summed E-state index contributed by atoms with van der Waals surface area (Å²) in [7, 11) is 0. The van der Waals surface area contributed by atoms with Crippen molar-refractivity contribution in [2.45, 2.75) is 265 Å². The van der Waals surface area contributed by atoms with E-state index in [0.29, 0.717) is 19.3 Å². The van der Waals surface area contributed by atoms with Crippen molar-refractivity contribution in [2.24, 2.45) is 11.8 Å². The van der Waals surface area contributed by atoms with Crippen LogP contribution < -0.4 is 0 Å². The number of carbonyl (C=O) groups is 3. The second-order valence-corrected chi connectivity index (χ2v) is 17.3. The Bertz CT molecular complexity index is 824. The molecule has 0 N–H and O–H groups in total. The summed E-state index contributed by atoms with van der Waals surface area (Å²) in [4.78, 5) is 37.7. The monoisotopic (exact) mass is 765 g/mol. The highest BCUT2D eigenvalue weighted by molar-refractivity contribution is 5.71. The van der Waals surface area contributed by atoms with Crippen LogP contribution in [0, 0.1) is 11.8 Å². The second-order valence-electron chi connectivity index (χ2n) is 17.3. The van der Waals surface area contributed by atoms with E-state index in [1.54, 1.807) is 0 Å². The van der Waals surface area contributed by atoms with Gasteiger partial charge in [0.2, 0.25) is 0 Å². The minimum atomic E-state index is -0.761. The van der Waals surface area contributed by atoms with Gasteiger partial charge in [-0.25, -0.2) is 0 Å². The fourth-order valence-electron chi connectivity index (χ4n) is 7.11. The largest absolute Gasteiger partial charge is 0.462 e. The molecule has 6 heteroatoms. The molecule has 0 aliphatic heterocycles. The molecule has 0 aromatic rings. The molecule has 0 rings (SSSR count). The summed E-state index contributed by atoms with van der Waals surface area (Å²) in [5.74, 6) is 0.678. The molecule has 0 aromatic heterocycles. The van der Waals surface area contributed by atoms with Crippen molar-refractivity contribution >= 4 is 17.9 Å². The lowest BCUT2D eigenvalue weighted by Gasteiger charge is -2.18. The minimum absolute atomic E-state index is 0.0659. The first-order chi connectivity index (χ1) is 26.2. The minimum Gasteiger partial charge on any atom is -0.462 e. The van der Waals surface area contributed by atoms with Gasteiger partial charge in [-0.05, 0) is 31.1 Å². The van der Waals surface area contributed by atoms with Crippen LogP contribution in [-0.2, 0) is 28.6 Å². The van der Waals surface area contributed by atoms with E-state index in [2.05, 4.69) is 34.6 Å². The summed E-state index contributed by atoms with van der Waals surface area (Å²) in [5, 5.41) is 0. The van der Waals surface area contributed by atoms with Crippen LogP contribution in [0.15, 0.2) is 0 Å². The Morgan fingerprint density at radius 3 is 0.907 bits per heavy atom. The van der Waals surface area contributed by atoms with Gasteiger partial charge in [0.1, 0.15) is 13.2 Å². The Hall–Kier alpha value is -1.59.